The van der Waals surface area contributed by atoms with Crippen molar-refractivity contribution in [1.29, 1.82) is 0 Å². The third-order valence-corrected chi connectivity index (χ3v) is 6.61. The zero-order valence-electron chi connectivity index (χ0n) is 18.5. The van der Waals surface area contributed by atoms with Crippen LogP contribution in [-0.4, -0.2) is 44.4 Å². The molecule has 174 valence electrons. The van der Waals surface area contributed by atoms with E-state index in [0.29, 0.717) is 36.2 Å². The summed E-state index contributed by atoms with van der Waals surface area (Å²) < 4.78 is 22.4. The van der Waals surface area contributed by atoms with Crippen molar-refractivity contribution >= 4 is 5.95 Å². The Morgan fingerprint density at radius 3 is 2.48 bits per heavy atom. The molecule has 2 fully saturated rings. The Bertz CT molecular complexity index is 1140. The zero-order valence-corrected chi connectivity index (χ0v) is 18.5. The van der Waals surface area contributed by atoms with Gasteiger partial charge in [0.1, 0.15) is 5.82 Å². The largest absolute Gasteiger partial charge is 0.381 e. The van der Waals surface area contributed by atoms with Crippen molar-refractivity contribution in [3.05, 3.63) is 59.0 Å². The molecule has 1 aliphatic carbocycles. The number of rotatable bonds is 5. The second-order valence-corrected chi connectivity index (χ2v) is 8.88. The first kappa shape index (κ1) is 21.8. The van der Waals surface area contributed by atoms with Crippen LogP contribution in [0.1, 0.15) is 44.6 Å². The molecule has 0 bridgehead atoms. The van der Waals surface area contributed by atoms with E-state index in [1.807, 2.05) is 6.20 Å². The third kappa shape index (κ3) is 4.69. The Morgan fingerprint density at radius 1 is 1.03 bits per heavy atom. The lowest BCUT2D eigenvalue weighted by Crippen LogP contribution is -2.33. The molecule has 2 aromatic heterocycles. The molecule has 8 nitrogen and oxygen atoms in total. The van der Waals surface area contributed by atoms with Gasteiger partial charge in [0, 0.05) is 43.7 Å². The van der Waals surface area contributed by atoms with E-state index in [9.17, 15) is 9.18 Å². The number of nitrogens with zero attached hydrogens (tertiary/aromatic N) is 4. The van der Waals surface area contributed by atoms with E-state index in [1.165, 1.54) is 12.1 Å². The van der Waals surface area contributed by atoms with Crippen molar-refractivity contribution in [3.8, 4) is 17.1 Å². The van der Waals surface area contributed by atoms with Crippen molar-refractivity contribution in [2.75, 3.05) is 18.5 Å². The Hall–Kier alpha value is -3.04. The topological polar surface area (TPSA) is 100.0 Å². The van der Waals surface area contributed by atoms with Gasteiger partial charge in [-0.15, -0.1) is 0 Å². The van der Waals surface area contributed by atoms with Crippen molar-refractivity contribution in [2.45, 2.75) is 56.7 Å². The maximum atomic E-state index is 13.6. The van der Waals surface area contributed by atoms with Crippen LogP contribution in [0, 0.1) is 5.82 Å². The summed E-state index contributed by atoms with van der Waals surface area (Å²) >= 11 is 0. The molecule has 0 radical (unpaired) electrons. The molecule has 1 saturated carbocycles. The third-order valence-electron chi connectivity index (χ3n) is 6.61. The SMILES string of the molecule is NC1CCC(Nc2nccc(-c3cn(C4CCOCC4)c(=O)n3-c3ccc(F)cc3)n2)CC1. The molecule has 0 amide bonds. The smallest absolute Gasteiger partial charge is 0.333 e. The van der Waals surface area contributed by atoms with E-state index >= 15 is 0 Å². The normalized spacial score (nSPS) is 21.8. The van der Waals surface area contributed by atoms with Crippen molar-refractivity contribution in [2.24, 2.45) is 5.73 Å². The summed E-state index contributed by atoms with van der Waals surface area (Å²) in [7, 11) is 0. The Kier molecular flexibility index (Phi) is 6.24. The molecule has 9 heteroatoms. The lowest BCUT2D eigenvalue weighted by molar-refractivity contribution is 0.0686. The Morgan fingerprint density at radius 2 is 1.76 bits per heavy atom. The molecule has 3 heterocycles. The number of ether oxygens (including phenoxy) is 1. The second kappa shape index (κ2) is 9.44. The van der Waals surface area contributed by atoms with Crippen molar-refractivity contribution in [3.63, 3.8) is 0 Å². The van der Waals surface area contributed by atoms with E-state index < -0.39 is 0 Å². The van der Waals surface area contributed by atoms with Gasteiger partial charge >= 0.3 is 5.69 Å². The average Bonchev–Trinajstić information content (AvgIpc) is 3.19. The fourth-order valence-corrected chi connectivity index (χ4v) is 4.73. The zero-order chi connectivity index (χ0) is 22.8. The van der Waals surface area contributed by atoms with Crippen LogP contribution < -0.4 is 16.7 Å². The Labute approximate surface area is 191 Å². The number of halogens is 1. The molecule has 1 aromatic carbocycles. The number of nitrogens with two attached hydrogens (primary N) is 1. The molecule has 0 spiro atoms. The van der Waals surface area contributed by atoms with Gasteiger partial charge in [0.25, 0.3) is 0 Å². The predicted molar refractivity (Wildman–Crippen MR) is 124 cm³/mol. The van der Waals surface area contributed by atoms with E-state index in [1.54, 1.807) is 33.5 Å². The molecule has 5 rings (SSSR count). The lowest BCUT2D eigenvalue weighted by atomic mass is 9.92. The van der Waals surface area contributed by atoms with E-state index in [4.69, 9.17) is 15.5 Å². The van der Waals surface area contributed by atoms with Crippen LogP contribution in [0.15, 0.2) is 47.5 Å². The highest BCUT2D eigenvalue weighted by Gasteiger charge is 2.24. The molecule has 3 N–H and O–H groups in total. The molecule has 1 aliphatic heterocycles. The van der Waals surface area contributed by atoms with Gasteiger partial charge in [-0.2, -0.15) is 0 Å². The monoisotopic (exact) mass is 452 g/mol. The van der Waals surface area contributed by atoms with Gasteiger partial charge in [-0.25, -0.2) is 19.2 Å². The van der Waals surface area contributed by atoms with Gasteiger partial charge < -0.3 is 15.8 Å². The minimum Gasteiger partial charge on any atom is -0.381 e. The highest BCUT2D eigenvalue weighted by molar-refractivity contribution is 5.59. The summed E-state index contributed by atoms with van der Waals surface area (Å²) in [5.41, 5.74) is 7.73. The first-order valence-electron chi connectivity index (χ1n) is 11.6. The predicted octanol–water partition coefficient (Wildman–Crippen LogP) is 3.27. The number of nitrogens with one attached hydrogen (secondary N) is 1. The van der Waals surface area contributed by atoms with Crippen LogP contribution in [0.3, 0.4) is 0 Å². The van der Waals surface area contributed by atoms with Crippen LogP contribution >= 0.6 is 0 Å². The van der Waals surface area contributed by atoms with E-state index in [2.05, 4.69) is 10.3 Å². The average molecular weight is 453 g/mol. The first-order valence-corrected chi connectivity index (χ1v) is 11.6. The summed E-state index contributed by atoms with van der Waals surface area (Å²) in [6.07, 6.45) is 9.02. The standard InChI is InChI=1S/C24H29FN6O2/c25-16-1-7-20(8-2-16)31-22(15-30(24(31)32)19-10-13-33-14-11-19)21-9-12-27-23(29-21)28-18-5-3-17(26)4-6-18/h1-2,7-9,12,15,17-19H,3-6,10-11,13-14,26H2,(H,27,28,29). The molecular formula is C24H29FN6O2. The summed E-state index contributed by atoms with van der Waals surface area (Å²) in [4.78, 5) is 22.6. The van der Waals surface area contributed by atoms with Crippen molar-refractivity contribution in [1.82, 2.24) is 19.1 Å². The highest BCUT2D eigenvalue weighted by atomic mass is 19.1. The summed E-state index contributed by atoms with van der Waals surface area (Å²) in [6.45, 7) is 1.25. The van der Waals surface area contributed by atoms with Gasteiger partial charge in [0.2, 0.25) is 5.95 Å². The van der Waals surface area contributed by atoms with Gasteiger partial charge in [-0.1, -0.05) is 0 Å². The van der Waals surface area contributed by atoms with Gasteiger partial charge in [-0.3, -0.25) is 9.13 Å². The molecule has 33 heavy (non-hydrogen) atoms. The molecule has 2 aliphatic rings. The quantitative estimate of drug-likeness (QED) is 0.616. The number of benzene rings is 1. The van der Waals surface area contributed by atoms with E-state index in [-0.39, 0.29) is 29.6 Å². The number of hydrogen-bond acceptors (Lipinski definition) is 6. The number of anilines is 1. The fraction of sp³-hybridized carbons (Fsp3) is 0.458. The maximum Gasteiger partial charge on any atom is 0.333 e. The molecule has 0 unspecified atom stereocenters. The molecule has 1 saturated heterocycles. The number of imidazole rings is 1. The van der Waals surface area contributed by atoms with Crippen LogP contribution in [0.2, 0.25) is 0 Å². The first-order chi connectivity index (χ1) is 16.1. The molecule has 0 atom stereocenters. The van der Waals surface area contributed by atoms with E-state index in [0.717, 1.165) is 38.5 Å². The minimum atomic E-state index is -0.349. The van der Waals surface area contributed by atoms with Crippen LogP contribution in [0.25, 0.3) is 17.1 Å². The molecule has 3 aromatic rings. The second-order valence-electron chi connectivity index (χ2n) is 8.88. The minimum absolute atomic E-state index is 0.0533. The van der Waals surface area contributed by atoms with Crippen LogP contribution in [0.5, 0.6) is 0 Å². The summed E-state index contributed by atoms with van der Waals surface area (Å²) in [5, 5.41) is 3.42. The van der Waals surface area contributed by atoms with Gasteiger partial charge in [0.15, 0.2) is 0 Å². The van der Waals surface area contributed by atoms with Gasteiger partial charge in [-0.05, 0) is 68.9 Å². The number of aromatic nitrogens is 4. The van der Waals surface area contributed by atoms with Crippen LogP contribution in [-0.2, 0) is 4.74 Å². The molecular weight excluding hydrogens is 423 g/mol. The summed E-state index contributed by atoms with van der Waals surface area (Å²) in [6, 6.07) is 8.34. The maximum absolute atomic E-state index is 13.6. The highest BCUT2D eigenvalue weighted by Crippen LogP contribution is 2.26. The summed E-state index contributed by atoms with van der Waals surface area (Å²) in [5.74, 6) is 0.183. The van der Waals surface area contributed by atoms with Crippen molar-refractivity contribution < 1.29 is 9.13 Å². The Balaban J connectivity index is 1.52. The van der Waals surface area contributed by atoms with Crippen LogP contribution in [0.4, 0.5) is 10.3 Å². The number of hydrogen-bond donors (Lipinski definition) is 2. The fourth-order valence-electron chi connectivity index (χ4n) is 4.73. The lowest BCUT2D eigenvalue weighted by Gasteiger charge is -2.26. The van der Waals surface area contributed by atoms with Gasteiger partial charge in [0.05, 0.1) is 17.1 Å².